The van der Waals surface area contributed by atoms with Gasteiger partial charge in [0.15, 0.2) is 21.3 Å². The molecule has 0 spiro atoms. The number of para-hydroxylation sites is 1. The number of likely N-dealkylation sites (tertiary alicyclic amines) is 1. The van der Waals surface area contributed by atoms with Gasteiger partial charge in [0.1, 0.15) is 12.3 Å². The lowest BCUT2D eigenvalue weighted by Gasteiger charge is -2.15. The van der Waals surface area contributed by atoms with E-state index >= 15 is 0 Å². The molecule has 9 nitrogen and oxygen atoms in total. The second-order valence-electron chi connectivity index (χ2n) is 8.10. The van der Waals surface area contributed by atoms with Crippen LogP contribution >= 0.6 is 0 Å². The first-order chi connectivity index (χ1) is 16.3. The van der Waals surface area contributed by atoms with Gasteiger partial charge in [-0.15, -0.1) is 0 Å². The molecule has 10 heteroatoms. The Balaban J connectivity index is 1.56. The van der Waals surface area contributed by atoms with Crippen LogP contribution in [0.3, 0.4) is 0 Å². The Morgan fingerprint density at radius 2 is 1.71 bits per heavy atom. The lowest BCUT2D eigenvalue weighted by atomic mass is 10.2. The van der Waals surface area contributed by atoms with Gasteiger partial charge in [-0.25, -0.2) is 8.42 Å². The molecule has 0 saturated carbocycles. The van der Waals surface area contributed by atoms with Crippen LogP contribution in [0.1, 0.15) is 12.8 Å². The summed E-state index contributed by atoms with van der Waals surface area (Å²) in [5.74, 6) is -0.570. The highest BCUT2D eigenvalue weighted by molar-refractivity contribution is 7.92. The summed E-state index contributed by atoms with van der Waals surface area (Å²) in [4.78, 5) is 27.1. The normalized spacial score (nSPS) is 13.8. The number of methoxy groups -OCH3 is 2. The van der Waals surface area contributed by atoms with E-state index in [2.05, 4.69) is 5.32 Å². The van der Waals surface area contributed by atoms with E-state index in [4.69, 9.17) is 9.47 Å². The van der Waals surface area contributed by atoms with E-state index in [0.717, 1.165) is 25.9 Å². The van der Waals surface area contributed by atoms with Crippen LogP contribution in [0.25, 0.3) is 10.9 Å². The molecule has 0 unspecified atom stereocenters. The van der Waals surface area contributed by atoms with E-state index in [1.807, 2.05) is 0 Å². The number of hydrogen-bond acceptors (Lipinski definition) is 6. The molecule has 1 fully saturated rings. The van der Waals surface area contributed by atoms with Crippen molar-refractivity contribution in [1.29, 1.82) is 0 Å². The third-order valence-electron chi connectivity index (χ3n) is 5.84. The highest BCUT2D eigenvalue weighted by Crippen LogP contribution is 2.30. The number of carbonyl (C=O) groups excluding carboxylic acids is 2. The number of amides is 2. The van der Waals surface area contributed by atoms with Gasteiger partial charge in [-0.05, 0) is 31.0 Å². The van der Waals surface area contributed by atoms with Crippen molar-refractivity contribution in [3.8, 4) is 11.5 Å². The average molecular weight is 486 g/mol. The molecular weight excluding hydrogens is 458 g/mol. The van der Waals surface area contributed by atoms with Crippen LogP contribution < -0.4 is 14.8 Å². The van der Waals surface area contributed by atoms with Crippen molar-refractivity contribution in [2.75, 3.05) is 38.4 Å². The summed E-state index contributed by atoms with van der Waals surface area (Å²) in [6.07, 6.45) is 3.41. The predicted octanol–water partition coefficient (Wildman–Crippen LogP) is 2.69. The fourth-order valence-electron chi connectivity index (χ4n) is 4.17. The second kappa shape index (κ2) is 9.76. The zero-order valence-corrected chi connectivity index (χ0v) is 19.9. The van der Waals surface area contributed by atoms with Gasteiger partial charge in [0.2, 0.25) is 11.8 Å². The third-order valence-corrected chi connectivity index (χ3v) is 7.48. The molecule has 2 amide bonds. The van der Waals surface area contributed by atoms with Crippen molar-refractivity contribution in [3.63, 3.8) is 0 Å². The summed E-state index contributed by atoms with van der Waals surface area (Å²) in [6, 6.07) is 11.8. The largest absolute Gasteiger partial charge is 0.493 e. The maximum Gasteiger partial charge on any atom is 0.242 e. The summed E-state index contributed by atoms with van der Waals surface area (Å²) in [5, 5.41) is 3.08. The number of fused-ring (bicyclic) bond motifs is 1. The molecule has 4 rings (SSSR count). The Labute approximate surface area is 198 Å². The molecule has 1 aliphatic heterocycles. The highest BCUT2D eigenvalue weighted by atomic mass is 32.2. The Morgan fingerprint density at radius 1 is 1.00 bits per heavy atom. The summed E-state index contributed by atoms with van der Waals surface area (Å²) >= 11 is 0. The smallest absolute Gasteiger partial charge is 0.242 e. The molecule has 34 heavy (non-hydrogen) atoms. The Hall–Kier alpha value is -3.53. The van der Waals surface area contributed by atoms with Gasteiger partial charge in [0.05, 0.1) is 19.1 Å². The molecule has 1 aliphatic rings. The summed E-state index contributed by atoms with van der Waals surface area (Å²) < 4.78 is 38.5. The van der Waals surface area contributed by atoms with E-state index < -0.39 is 21.5 Å². The number of nitrogens with zero attached hydrogens (tertiary/aromatic N) is 2. The molecule has 0 radical (unpaired) electrons. The van der Waals surface area contributed by atoms with Crippen LogP contribution in [0.5, 0.6) is 11.5 Å². The van der Waals surface area contributed by atoms with Crippen LogP contribution in [0.4, 0.5) is 5.69 Å². The van der Waals surface area contributed by atoms with E-state index in [1.54, 1.807) is 51.9 Å². The lowest BCUT2D eigenvalue weighted by molar-refractivity contribution is -0.130. The van der Waals surface area contributed by atoms with E-state index in [9.17, 15) is 18.0 Å². The average Bonchev–Trinajstić information content (AvgIpc) is 3.48. The zero-order valence-electron chi connectivity index (χ0n) is 19.1. The molecule has 1 saturated heterocycles. The number of ether oxygens (including phenoxy) is 2. The van der Waals surface area contributed by atoms with Crippen molar-refractivity contribution in [2.45, 2.75) is 24.3 Å². The van der Waals surface area contributed by atoms with Crippen LogP contribution in [0.2, 0.25) is 0 Å². The van der Waals surface area contributed by atoms with Crippen LogP contribution in [-0.2, 0) is 26.0 Å². The molecule has 1 aromatic heterocycles. The standard InChI is InChI=1S/C24H27N3O6S/c1-32-20-10-9-17(13-21(20)33-2)25-23(28)16-34(30,31)22-14-27(19-8-4-3-7-18(19)22)15-24(29)26-11-5-6-12-26/h3-4,7-10,13-14H,5-6,11-12,15-16H2,1-2H3,(H,25,28). The van der Waals surface area contributed by atoms with Gasteiger partial charge < -0.3 is 24.3 Å². The molecule has 0 bridgehead atoms. The Kier molecular flexibility index (Phi) is 6.78. The molecule has 0 aliphatic carbocycles. The number of benzene rings is 2. The number of hydrogen-bond donors (Lipinski definition) is 1. The first-order valence-electron chi connectivity index (χ1n) is 10.9. The monoisotopic (exact) mass is 485 g/mol. The number of anilines is 1. The molecule has 2 aromatic carbocycles. The Morgan fingerprint density at radius 3 is 2.41 bits per heavy atom. The van der Waals surface area contributed by atoms with Gasteiger partial charge in [-0.3, -0.25) is 9.59 Å². The second-order valence-corrected chi connectivity index (χ2v) is 10.1. The molecule has 3 aromatic rings. The van der Waals surface area contributed by atoms with Crippen molar-refractivity contribution in [3.05, 3.63) is 48.7 Å². The number of carbonyl (C=O) groups is 2. The molecule has 180 valence electrons. The van der Waals surface area contributed by atoms with Crippen LogP contribution in [0, 0.1) is 0 Å². The predicted molar refractivity (Wildman–Crippen MR) is 128 cm³/mol. The van der Waals surface area contributed by atoms with Gasteiger partial charge >= 0.3 is 0 Å². The van der Waals surface area contributed by atoms with E-state index in [0.29, 0.717) is 28.1 Å². The fourth-order valence-corrected chi connectivity index (χ4v) is 5.53. The molecular formula is C24H27N3O6S. The van der Waals surface area contributed by atoms with Crippen molar-refractivity contribution in [2.24, 2.45) is 0 Å². The van der Waals surface area contributed by atoms with E-state index in [1.165, 1.54) is 20.4 Å². The van der Waals surface area contributed by atoms with Crippen molar-refractivity contribution >= 4 is 38.2 Å². The Bertz CT molecular complexity index is 1330. The summed E-state index contributed by atoms with van der Waals surface area (Å²) in [5.41, 5.74) is 1.02. The van der Waals surface area contributed by atoms with Gasteiger partial charge in [-0.2, -0.15) is 0 Å². The lowest BCUT2D eigenvalue weighted by Crippen LogP contribution is -2.30. The maximum absolute atomic E-state index is 13.2. The van der Waals surface area contributed by atoms with E-state index in [-0.39, 0.29) is 17.3 Å². The zero-order chi connectivity index (χ0) is 24.3. The molecule has 0 atom stereocenters. The molecule has 1 N–H and O–H groups in total. The van der Waals surface area contributed by atoms with Gasteiger partial charge in [-0.1, -0.05) is 18.2 Å². The summed E-state index contributed by atoms with van der Waals surface area (Å²) in [7, 11) is -1.01. The quantitative estimate of drug-likeness (QED) is 0.526. The first kappa shape index (κ1) is 23.6. The van der Waals surface area contributed by atoms with Crippen molar-refractivity contribution in [1.82, 2.24) is 9.47 Å². The minimum atomic E-state index is -3.98. The van der Waals surface area contributed by atoms with Crippen molar-refractivity contribution < 1.29 is 27.5 Å². The van der Waals surface area contributed by atoms with Gasteiger partial charge in [0, 0.05) is 41.9 Å². The number of nitrogens with one attached hydrogen (secondary N) is 1. The highest BCUT2D eigenvalue weighted by Gasteiger charge is 2.26. The molecule has 2 heterocycles. The SMILES string of the molecule is COc1ccc(NC(=O)CS(=O)(=O)c2cn(CC(=O)N3CCCC3)c3ccccc23)cc1OC. The number of rotatable bonds is 8. The van der Waals surface area contributed by atoms with Crippen LogP contribution in [-0.4, -0.2) is 62.8 Å². The number of sulfone groups is 1. The maximum atomic E-state index is 13.2. The third kappa shape index (κ3) is 4.86. The number of aromatic nitrogens is 1. The van der Waals surface area contributed by atoms with Crippen LogP contribution in [0.15, 0.2) is 53.6 Å². The minimum absolute atomic E-state index is 0.0276. The topological polar surface area (TPSA) is 107 Å². The minimum Gasteiger partial charge on any atom is -0.493 e. The summed E-state index contributed by atoms with van der Waals surface area (Å²) in [6.45, 7) is 1.49. The first-order valence-corrected chi connectivity index (χ1v) is 12.6. The van der Waals surface area contributed by atoms with Gasteiger partial charge in [0.25, 0.3) is 0 Å². The fraction of sp³-hybridized carbons (Fsp3) is 0.333.